The normalized spacial score (nSPS) is 10.7. The van der Waals surface area contributed by atoms with E-state index in [2.05, 4.69) is 5.32 Å². The molecule has 5 nitrogen and oxygen atoms in total. The Balaban J connectivity index is 1.65. The lowest BCUT2D eigenvalue weighted by Gasteiger charge is -2.04. The molecule has 0 amide bonds. The second-order valence-corrected chi connectivity index (χ2v) is 5.82. The minimum atomic E-state index is -1.20. The molecule has 3 aromatic rings. The van der Waals surface area contributed by atoms with Crippen molar-refractivity contribution in [2.45, 2.75) is 0 Å². The van der Waals surface area contributed by atoms with E-state index in [9.17, 15) is 14.7 Å². The summed E-state index contributed by atoms with van der Waals surface area (Å²) in [7, 11) is 0. The number of anilines is 1. The summed E-state index contributed by atoms with van der Waals surface area (Å²) in [6, 6.07) is 21.3. The number of benzene rings is 3. The number of rotatable bonds is 6. The van der Waals surface area contributed by atoms with E-state index in [-0.39, 0.29) is 17.1 Å². The number of aromatic hydroxyl groups is 1. The van der Waals surface area contributed by atoms with Crippen LogP contribution in [-0.4, -0.2) is 22.0 Å². The summed E-state index contributed by atoms with van der Waals surface area (Å²) in [5, 5.41) is 21.4. The second-order valence-electron chi connectivity index (χ2n) is 5.82. The number of phenols is 1. The number of carbonyl (C=O) groups excluding carboxylic acids is 1. The number of carboxylic acids is 1. The van der Waals surface area contributed by atoms with Crippen LogP contribution in [0.15, 0.2) is 85.1 Å². The fourth-order valence-corrected chi connectivity index (χ4v) is 2.57. The Hall–Kier alpha value is -3.86. The molecule has 134 valence electrons. The van der Waals surface area contributed by atoms with Crippen LogP contribution >= 0.6 is 0 Å². The zero-order chi connectivity index (χ0) is 19.2. The number of ketones is 1. The summed E-state index contributed by atoms with van der Waals surface area (Å²) in [6.45, 7) is 0. The van der Waals surface area contributed by atoms with Crippen molar-refractivity contribution >= 4 is 17.4 Å². The number of carboxylic acid groups (broad SMARTS) is 1. The topological polar surface area (TPSA) is 86.6 Å². The Bertz CT molecular complexity index is 993. The van der Waals surface area contributed by atoms with Gasteiger partial charge in [0.25, 0.3) is 0 Å². The molecular weight excluding hydrogens is 342 g/mol. The summed E-state index contributed by atoms with van der Waals surface area (Å²) in [4.78, 5) is 23.1. The molecule has 3 N–H and O–H groups in total. The molecule has 0 radical (unpaired) electrons. The first-order valence-corrected chi connectivity index (χ1v) is 8.24. The molecule has 0 atom stereocenters. The minimum Gasteiger partial charge on any atom is -0.507 e. The van der Waals surface area contributed by atoms with Gasteiger partial charge in [-0.25, -0.2) is 4.79 Å². The first-order valence-electron chi connectivity index (χ1n) is 8.24. The van der Waals surface area contributed by atoms with Crippen LogP contribution in [0.25, 0.3) is 11.1 Å². The fraction of sp³-hybridized carbons (Fsp3) is 0. The monoisotopic (exact) mass is 359 g/mol. The van der Waals surface area contributed by atoms with Crippen molar-refractivity contribution in [2.24, 2.45) is 0 Å². The number of carbonyl (C=O) groups is 2. The number of allylic oxidation sites excluding steroid dienone is 1. The van der Waals surface area contributed by atoms with Crippen molar-refractivity contribution in [3.05, 3.63) is 96.2 Å². The van der Waals surface area contributed by atoms with E-state index < -0.39 is 5.97 Å². The molecule has 0 bridgehead atoms. The maximum Gasteiger partial charge on any atom is 0.339 e. The Morgan fingerprint density at radius 2 is 1.52 bits per heavy atom. The van der Waals surface area contributed by atoms with Gasteiger partial charge in [0.2, 0.25) is 0 Å². The van der Waals surface area contributed by atoms with E-state index in [4.69, 9.17) is 5.11 Å². The van der Waals surface area contributed by atoms with Crippen LogP contribution < -0.4 is 5.32 Å². The van der Waals surface area contributed by atoms with Gasteiger partial charge in [-0.05, 0) is 23.3 Å². The number of hydrogen-bond acceptors (Lipinski definition) is 4. The molecule has 3 rings (SSSR count). The Kier molecular flexibility index (Phi) is 5.33. The molecule has 0 aliphatic rings. The van der Waals surface area contributed by atoms with Gasteiger partial charge in [-0.2, -0.15) is 0 Å². The molecule has 0 unspecified atom stereocenters. The molecule has 0 aliphatic carbocycles. The van der Waals surface area contributed by atoms with Gasteiger partial charge >= 0.3 is 5.97 Å². The van der Waals surface area contributed by atoms with Crippen LogP contribution in [0, 0.1) is 0 Å². The van der Waals surface area contributed by atoms with Crippen LogP contribution in [0.5, 0.6) is 5.75 Å². The Morgan fingerprint density at radius 3 is 2.15 bits per heavy atom. The van der Waals surface area contributed by atoms with Gasteiger partial charge < -0.3 is 15.5 Å². The van der Waals surface area contributed by atoms with E-state index in [1.165, 1.54) is 30.5 Å². The summed E-state index contributed by atoms with van der Waals surface area (Å²) >= 11 is 0. The molecule has 0 aromatic heterocycles. The smallest absolute Gasteiger partial charge is 0.339 e. The highest BCUT2D eigenvalue weighted by atomic mass is 16.4. The van der Waals surface area contributed by atoms with Crippen LogP contribution in [-0.2, 0) is 0 Å². The Labute approximate surface area is 156 Å². The summed E-state index contributed by atoms with van der Waals surface area (Å²) in [6.07, 6.45) is 2.82. The van der Waals surface area contributed by atoms with Crippen molar-refractivity contribution in [3.63, 3.8) is 0 Å². The molecule has 0 saturated heterocycles. The van der Waals surface area contributed by atoms with Gasteiger partial charge in [0, 0.05) is 29.6 Å². The van der Waals surface area contributed by atoms with Crippen LogP contribution in [0.4, 0.5) is 5.69 Å². The van der Waals surface area contributed by atoms with Crippen LogP contribution in [0.2, 0.25) is 0 Å². The van der Waals surface area contributed by atoms with Gasteiger partial charge in [-0.3, -0.25) is 4.79 Å². The average molecular weight is 359 g/mol. The lowest BCUT2D eigenvalue weighted by atomic mass is 10.0. The summed E-state index contributed by atoms with van der Waals surface area (Å²) < 4.78 is 0. The van der Waals surface area contributed by atoms with Crippen molar-refractivity contribution < 1.29 is 19.8 Å². The largest absolute Gasteiger partial charge is 0.507 e. The molecule has 3 aromatic carbocycles. The molecule has 0 aliphatic heterocycles. The quantitative estimate of drug-likeness (QED) is 0.443. The molecule has 0 spiro atoms. The lowest BCUT2D eigenvalue weighted by molar-refractivity contribution is 0.0693. The maximum atomic E-state index is 12.2. The van der Waals surface area contributed by atoms with E-state index in [1.54, 1.807) is 12.1 Å². The summed E-state index contributed by atoms with van der Waals surface area (Å²) in [5.41, 5.74) is 2.96. The zero-order valence-corrected chi connectivity index (χ0v) is 14.3. The number of nitrogens with one attached hydrogen (secondary N) is 1. The zero-order valence-electron chi connectivity index (χ0n) is 14.3. The highest BCUT2D eigenvalue weighted by Gasteiger charge is 2.09. The fourth-order valence-electron chi connectivity index (χ4n) is 2.57. The first kappa shape index (κ1) is 17.9. The van der Waals surface area contributed by atoms with Crippen LogP contribution in [0.1, 0.15) is 20.7 Å². The highest BCUT2D eigenvalue weighted by molar-refractivity contribution is 6.04. The van der Waals surface area contributed by atoms with Crippen molar-refractivity contribution in [1.82, 2.24) is 0 Å². The molecule has 27 heavy (non-hydrogen) atoms. The minimum absolute atomic E-state index is 0.173. The molecule has 5 heteroatoms. The Morgan fingerprint density at radius 1 is 0.852 bits per heavy atom. The van der Waals surface area contributed by atoms with Crippen molar-refractivity contribution in [2.75, 3.05) is 5.32 Å². The predicted octanol–water partition coefficient (Wildman–Crippen LogP) is 4.57. The van der Waals surface area contributed by atoms with E-state index in [0.29, 0.717) is 11.3 Å². The molecule has 0 fully saturated rings. The van der Waals surface area contributed by atoms with Crippen molar-refractivity contribution in [3.8, 4) is 16.9 Å². The number of aromatic carboxylic acids is 1. The predicted molar refractivity (Wildman–Crippen MR) is 104 cm³/mol. The van der Waals surface area contributed by atoms with E-state index >= 15 is 0 Å². The second kappa shape index (κ2) is 8.01. The van der Waals surface area contributed by atoms with E-state index in [0.717, 1.165) is 11.1 Å². The van der Waals surface area contributed by atoms with Gasteiger partial charge in [-0.15, -0.1) is 0 Å². The lowest BCUT2D eigenvalue weighted by Crippen LogP contribution is -1.98. The standard InChI is InChI=1S/C22H17NO4/c24-20(12-13-23-18-10-11-19(22(26)27)21(25)14-18)17-8-6-16(7-9-17)15-4-2-1-3-5-15/h1-14,23,25H,(H,26,27)/b13-12+. The van der Waals surface area contributed by atoms with E-state index in [1.807, 2.05) is 42.5 Å². The molecule has 0 saturated carbocycles. The third-order valence-corrected chi connectivity index (χ3v) is 3.99. The molecule has 0 heterocycles. The van der Waals surface area contributed by atoms with Crippen LogP contribution in [0.3, 0.4) is 0 Å². The molecular formula is C22H17NO4. The van der Waals surface area contributed by atoms with Gasteiger partial charge in [0.15, 0.2) is 5.78 Å². The van der Waals surface area contributed by atoms with Crippen molar-refractivity contribution in [1.29, 1.82) is 0 Å². The number of hydrogen-bond donors (Lipinski definition) is 3. The van der Waals surface area contributed by atoms with Gasteiger partial charge in [0.05, 0.1) is 0 Å². The van der Waals surface area contributed by atoms with Gasteiger partial charge in [-0.1, -0.05) is 54.6 Å². The maximum absolute atomic E-state index is 12.2. The van der Waals surface area contributed by atoms with Gasteiger partial charge in [0.1, 0.15) is 11.3 Å². The average Bonchev–Trinajstić information content (AvgIpc) is 2.68. The SMILES string of the molecule is O=C(/C=C/Nc1ccc(C(=O)O)c(O)c1)c1ccc(-c2ccccc2)cc1. The third kappa shape index (κ3) is 4.41. The summed E-state index contributed by atoms with van der Waals surface area (Å²) in [5.74, 6) is -1.72. The third-order valence-electron chi connectivity index (χ3n) is 3.99. The first-order chi connectivity index (χ1) is 13.0. The highest BCUT2D eigenvalue weighted by Crippen LogP contribution is 2.22.